The van der Waals surface area contributed by atoms with Crippen LogP contribution in [0.2, 0.25) is 0 Å². The summed E-state index contributed by atoms with van der Waals surface area (Å²) in [5, 5.41) is 3.17. The minimum absolute atomic E-state index is 0.0188. The Morgan fingerprint density at radius 3 is 2.45 bits per heavy atom. The van der Waals surface area contributed by atoms with Gasteiger partial charge in [-0.15, -0.1) is 0 Å². The van der Waals surface area contributed by atoms with Crippen molar-refractivity contribution >= 4 is 15.9 Å². The molecule has 1 aliphatic carbocycles. The van der Waals surface area contributed by atoms with Gasteiger partial charge in [-0.25, -0.2) is 12.8 Å². The Balaban J connectivity index is 1.39. The normalized spacial score (nSPS) is 20.8. The number of hydrogen-bond donors (Lipinski definition) is 1. The molecule has 4 rings (SSSR count). The second-order valence-electron chi connectivity index (χ2n) is 7.76. The Bertz CT molecular complexity index is 1000. The lowest BCUT2D eigenvalue weighted by atomic mass is 9.87. The number of nitrogens with one attached hydrogen (secondary N) is 1. The summed E-state index contributed by atoms with van der Waals surface area (Å²) >= 11 is 0. The van der Waals surface area contributed by atoms with Crippen LogP contribution in [0, 0.1) is 11.7 Å². The van der Waals surface area contributed by atoms with Gasteiger partial charge in [-0.2, -0.15) is 4.31 Å². The number of nitrogens with zero attached hydrogens (tertiary/aromatic N) is 1. The lowest BCUT2D eigenvalue weighted by Crippen LogP contribution is -2.44. The third-order valence-electron chi connectivity index (χ3n) is 5.97. The van der Waals surface area contributed by atoms with Crippen LogP contribution in [0.15, 0.2) is 53.4 Å². The fraction of sp³-hybridized carbons (Fsp3) is 0.409. The number of aryl methyl sites for hydroxylation is 1. The maximum absolute atomic E-state index is 14.0. The number of amides is 1. The molecule has 5 nitrogen and oxygen atoms in total. The van der Waals surface area contributed by atoms with E-state index in [4.69, 9.17) is 0 Å². The van der Waals surface area contributed by atoms with Crippen LogP contribution in [0.4, 0.5) is 4.39 Å². The highest BCUT2D eigenvalue weighted by Gasteiger charge is 2.34. The van der Waals surface area contributed by atoms with Crippen LogP contribution in [-0.4, -0.2) is 31.7 Å². The van der Waals surface area contributed by atoms with Gasteiger partial charge in [-0.3, -0.25) is 4.79 Å². The Morgan fingerprint density at radius 2 is 1.69 bits per heavy atom. The van der Waals surface area contributed by atoms with Crippen molar-refractivity contribution in [2.24, 2.45) is 5.92 Å². The molecule has 1 N–H and O–H groups in total. The molecule has 1 aliphatic heterocycles. The van der Waals surface area contributed by atoms with Gasteiger partial charge < -0.3 is 5.32 Å². The molecule has 0 radical (unpaired) electrons. The summed E-state index contributed by atoms with van der Waals surface area (Å²) in [6.45, 7) is 0.437. The topological polar surface area (TPSA) is 66.5 Å². The fourth-order valence-corrected chi connectivity index (χ4v) is 5.88. The molecule has 1 amide bonds. The van der Waals surface area contributed by atoms with Gasteiger partial charge in [0.2, 0.25) is 15.9 Å². The SMILES string of the molecule is O=C(N[C@@H]1CCCc2ccccc21)C1CCN(S(=O)(=O)c2ccccc2F)CC1. The van der Waals surface area contributed by atoms with E-state index in [2.05, 4.69) is 17.4 Å². The van der Waals surface area contributed by atoms with Gasteiger partial charge >= 0.3 is 0 Å². The molecule has 1 atom stereocenters. The molecule has 0 saturated carbocycles. The minimum Gasteiger partial charge on any atom is -0.349 e. The first-order chi connectivity index (χ1) is 14.0. The van der Waals surface area contributed by atoms with Crippen LogP contribution < -0.4 is 5.32 Å². The van der Waals surface area contributed by atoms with Crippen molar-refractivity contribution in [1.29, 1.82) is 0 Å². The molecule has 0 spiro atoms. The number of piperidine rings is 1. The summed E-state index contributed by atoms with van der Waals surface area (Å²) in [5.74, 6) is -0.992. The third kappa shape index (κ3) is 4.07. The lowest BCUT2D eigenvalue weighted by molar-refractivity contribution is -0.127. The number of sulfonamides is 1. The largest absolute Gasteiger partial charge is 0.349 e. The van der Waals surface area contributed by atoms with Crippen molar-refractivity contribution in [1.82, 2.24) is 9.62 Å². The van der Waals surface area contributed by atoms with Gasteiger partial charge in [0.1, 0.15) is 10.7 Å². The van der Waals surface area contributed by atoms with E-state index in [1.165, 1.54) is 33.6 Å². The number of fused-ring (bicyclic) bond motifs is 1. The predicted molar refractivity (Wildman–Crippen MR) is 108 cm³/mol. The van der Waals surface area contributed by atoms with Crippen LogP contribution in [0.1, 0.15) is 42.9 Å². The van der Waals surface area contributed by atoms with E-state index in [0.717, 1.165) is 25.3 Å². The smallest absolute Gasteiger partial charge is 0.245 e. The van der Waals surface area contributed by atoms with Crippen molar-refractivity contribution < 1.29 is 17.6 Å². The summed E-state index contributed by atoms with van der Waals surface area (Å²) in [6.07, 6.45) is 3.88. The standard InChI is InChI=1S/C22H25FN2O3S/c23-19-9-3-4-11-21(19)29(27,28)25-14-12-17(13-15-25)22(26)24-20-10-5-7-16-6-1-2-8-18(16)20/h1-4,6,8-9,11,17,20H,5,7,10,12-15H2,(H,24,26)/t20-/m1/s1. The third-order valence-corrected chi connectivity index (χ3v) is 7.90. The van der Waals surface area contributed by atoms with Crippen molar-refractivity contribution in [3.8, 4) is 0 Å². The zero-order chi connectivity index (χ0) is 20.4. The number of hydrogen-bond acceptors (Lipinski definition) is 3. The van der Waals surface area contributed by atoms with Gasteiger partial charge in [0, 0.05) is 19.0 Å². The number of carbonyl (C=O) groups is 1. The van der Waals surface area contributed by atoms with Gasteiger partial charge in [0.15, 0.2) is 0 Å². The molecule has 1 saturated heterocycles. The first-order valence-electron chi connectivity index (χ1n) is 10.1. The molecule has 154 valence electrons. The van der Waals surface area contributed by atoms with Crippen LogP contribution in [0.25, 0.3) is 0 Å². The van der Waals surface area contributed by atoms with E-state index in [1.807, 2.05) is 12.1 Å². The second kappa shape index (κ2) is 8.24. The molecule has 2 aromatic carbocycles. The molecule has 1 fully saturated rings. The molecule has 2 aliphatic rings. The Hall–Kier alpha value is -2.25. The van der Waals surface area contributed by atoms with E-state index in [0.29, 0.717) is 12.8 Å². The quantitative estimate of drug-likeness (QED) is 0.831. The van der Waals surface area contributed by atoms with Gasteiger partial charge in [-0.1, -0.05) is 36.4 Å². The number of carbonyl (C=O) groups excluding carboxylic acids is 1. The zero-order valence-electron chi connectivity index (χ0n) is 16.2. The van der Waals surface area contributed by atoms with Gasteiger partial charge in [-0.05, 0) is 55.4 Å². The average Bonchev–Trinajstić information content (AvgIpc) is 2.74. The Morgan fingerprint density at radius 1 is 1.00 bits per heavy atom. The molecule has 1 heterocycles. The van der Waals surface area contributed by atoms with Gasteiger partial charge in [0.25, 0.3) is 0 Å². The molecular weight excluding hydrogens is 391 g/mol. The molecule has 7 heteroatoms. The van der Waals surface area contributed by atoms with E-state index in [-0.39, 0.29) is 35.9 Å². The Labute approximate surface area is 171 Å². The maximum Gasteiger partial charge on any atom is 0.245 e. The van der Waals surface area contributed by atoms with Crippen molar-refractivity contribution in [3.63, 3.8) is 0 Å². The van der Waals surface area contributed by atoms with Crippen molar-refractivity contribution in [2.75, 3.05) is 13.1 Å². The first-order valence-corrected chi connectivity index (χ1v) is 11.5. The van der Waals surface area contributed by atoms with Crippen LogP contribution in [-0.2, 0) is 21.2 Å². The molecular formula is C22H25FN2O3S. The van der Waals surface area contributed by atoms with Crippen LogP contribution in [0.3, 0.4) is 0 Å². The fourth-order valence-electron chi connectivity index (χ4n) is 4.34. The highest BCUT2D eigenvalue weighted by atomic mass is 32.2. The number of rotatable bonds is 4. The predicted octanol–water partition coefficient (Wildman–Crippen LogP) is 3.42. The summed E-state index contributed by atoms with van der Waals surface area (Å²) in [6, 6.07) is 13.6. The number of halogens is 1. The summed E-state index contributed by atoms with van der Waals surface area (Å²) in [5.41, 5.74) is 2.47. The maximum atomic E-state index is 14.0. The molecule has 29 heavy (non-hydrogen) atoms. The molecule has 0 aromatic heterocycles. The molecule has 0 unspecified atom stereocenters. The van der Waals surface area contributed by atoms with Gasteiger partial charge in [0.05, 0.1) is 6.04 Å². The summed E-state index contributed by atoms with van der Waals surface area (Å²) in [4.78, 5) is 12.5. The molecule has 0 bridgehead atoms. The second-order valence-corrected chi connectivity index (χ2v) is 9.67. The monoisotopic (exact) mass is 416 g/mol. The first kappa shape index (κ1) is 20.0. The highest BCUT2D eigenvalue weighted by molar-refractivity contribution is 7.89. The van der Waals surface area contributed by atoms with E-state index in [9.17, 15) is 17.6 Å². The lowest BCUT2D eigenvalue weighted by Gasteiger charge is -2.32. The van der Waals surface area contributed by atoms with Crippen molar-refractivity contribution in [3.05, 3.63) is 65.5 Å². The summed E-state index contributed by atoms with van der Waals surface area (Å²) < 4.78 is 40.7. The van der Waals surface area contributed by atoms with E-state index >= 15 is 0 Å². The zero-order valence-corrected chi connectivity index (χ0v) is 17.0. The van der Waals surface area contributed by atoms with Crippen LogP contribution >= 0.6 is 0 Å². The summed E-state index contributed by atoms with van der Waals surface area (Å²) in [7, 11) is -3.88. The Kier molecular flexibility index (Phi) is 5.69. The van der Waals surface area contributed by atoms with E-state index < -0.39 is 15.8 Å². The van der Waals surface area contributed by atoms with Crippen LogP contribution in [0.5, 0.6) is 0 Å². The minimum atomic E-state index is -3.88. The highest BCUT2D eigenvalue weighted by Crippen LogP contribution is 2.31. The average molecular weight is 417 g/mol. The number of benzene rings is 2. The van der Waals surface area contributed by atoms with Crippen molar-refractivity contribution in [2.45, 2.75) is 43.0 Å². The molecule has 2 aromatic rings. The van der Waals surface area contributed by atoms with E-state index in [1.54, 1.807) is 0 Å².